The summed E-state index contributed by atoms with van der Waals surface area (Å²) in [6.45, 7) is 1.89. The average molecular weight is 414 g/mol. The van der Waals surface area contributed by atoms with Crippen molar-refractivity contribution in [2.75, 3.05) is 27.9 Å². The number of aryl methyl sites for hydroxylation is 2. The molecule has 30 heavy (non-hydrogen) atoms. The molecule has 0 saturated carbocycles. The van der Waals surface area contributed by atoms with Crippen molar-refractivity contribution in [3.05, 3.63) is 53.1 Å². The molecule has 0 aliphatic carbocycles. The van der Waals surface area contributed by atoms with Crippen LogP contribution >= 0.6 is 0 Å². The molecule has 0 bridgehead atoms. The highest BCUT2D eigenvalue weighted by molar-refractivity contribution is 5.97. The first-order valence-electron chi connectivity index (χ1n) is 10.1. The van der Waals surface area contributed by atoms with E-state index in [1.807, 2.05) is 12.1 Å². The van der Waals surface area contributed by atoms with E-state index in [1.54, 1.807) is 24.3 Å². The van der Waals surface area contributed by atoms with Gasteiger partial charge in [-0.15, -0.1) is 0 Å². The molecule has 0 N–H and O–H groups in total. The van der Waals surface area contributed by atoms with Crippen LogP contribution in [0.2, 0.25) is 0 Å². The predicted molar refractivity (Wildman–Crippen MR) is 115 cm³/mol. The van der Waals surface area contributed by atoms with E-state index in [2.05, 4.69) is 6.92 Å². The van der Waals surface area contributed by atoms with Gasteiger partial charge in [0.25, 0.3) is 0 Å². The molecule has 6 heteroatoms. The van der Waals surface area contributed by atoms with Gasteiger partial charge in [-0.2, -0.15) is 0 Å². The van der Waals surface area contributed by atoms with Gasteiger partial charge in [0.2, 0.25) is 5.75 Å². The Balaban J connectivity index is 1.87. The third-order valence-corrected chi connectivity index (χ3v) is 4.80. The van der Waals surface area contributed by atoms with Crippen molar-refractivity contribution in [2.24, 2.45) is 0 Å². The Morgan fingerprint density at radius 1 is 0.833 bits per heavy atom. The molecule has 0 unspecified atom stereocenters. The summed E-state index contributed by atoms with van der Waals surface area (Å²) in [5, 5.41) is 0. The van der Waals surface area contributed by atoms with Crippen molar-refractivity contribution in [1.29, 1.82) is 0 Å². The van der Waals surface area contributed by atoms with E-state index < -0.39 is 5.97 Å². The van der Waals surface area contributed by atoms with E-state index in [1.165, 1.54) is 26.9 Å². The summed E-state index contributed by atoms with van der Waals surface area (Å²) in [5.41, 5.74) is 2.60. The largest absolute Gasteiger partial charge is 0.493 e. The summed E-state index contributed by atoms with van der Waals surface area (Å²) in [7, 11) is 4.61. The number of methoxy groups -OCH3 is 3. The number of carbonyl (C=O) groups excluding carboxylic acids is 2. The number of carbonyl (C=O) groups is 2. The molecule has 6 nitrogen and oxygen atoms in total. The van der Waals surface area contributed by atoms with Crippen LogP contribution in [0.25, 0.3) is 0 Å². The highest BCUT2D eigenvalue weighted by Crippen LogP contribution is 2.38. The van der Waals surface area contributed by atoms with Crippen molar-refractivity contribution in [1.82, 2.24) is 0 Å². The van der Waals surface area contributed by atoms with E-state index in [0.29, 0.717) is 29.2 Å². The van der Waals surface area contributed by atoms with Crippen molar-refractivity contribution in [3.63, 3.8) is 0 Å². The number of esters is 1. The van der Waals surface area contributed by atoms with Crippen LogP contribution in [-0.2, 0) is 22.4 Å². The maximum absolute atomic E-state index is 12.3. The molecule has 0 aliphatic rings. The maximum Gasteiger partial charge on any atom is 0.306 e. The molecule has 162 valence electrons. The van der Waals surface area contributed by atoms with Gasteiger partial charge in [0.1, 0.15) is 0 Å². The second kappa shape index (κ2) is 11.9. The van der Waals surface area contributed by atoms with Crippen molar-refractivity contribution < 1.29 is 28.5 Å². The van der Waals surface area contributed by atoms with Gasteiger partial charge in [-0.1, -0.05) is 37.6 Å². The second-order valence-electron chi connectivity index (χ2n) is 6.92. The minimum atomic E-state index is -0.434. The molecular formula is C24H30O6. The molecule has 0 fully saturated rings. The van der Waals surface area contributed by atoms with Crippen LogP contribution in [0, 0.1) is 0 Å². The molecule has 0 radical (unpaired) electrons. The number of hydrogen-bond acceptors (Lipinski definition) is 6. The number of unbranched alkanes of at least 4 members (excludes halogenated alkanes) is 1. The fourth-order valence-electron chi connectivity index (χ4n) is 3.07. The Labute approximate surface area is 178 Å². The molecular weight excluding hydrogens is 384 g/mol. The lowest BCUT2D eigenvalue weighted by Crippen LogP contribution is -2.14. The van der Waals surface area contributed by atoms with Crippen molar-refractivity contribution in [3.8, 4) is 17.2 Å². The number of benzene rings is 2. The monoisotopic (exact) mass is 414 g/mol. The molecule has 0 saturated heterocycles. The number of hydrogen-bond donors (Lipinski definition) is 0. The van der Waals surface area contributed by atoms with E-state index in [0.717, 1.165) is 24.8 Å². The SMILES string of the molecule is CCCCc1ccc(C(=O)COC(=O)CCc2cc(OC)c(OC)c(OC)c2)cc1. The lowest BCUT2D eigenvalue weighted by Gasteiger charge is -2.14. The molecule has 0 spiro atoms. The lowest BCUT2D eigenvalue weighted by molar-refractivity contribution is -0.142. The summed E-state index contributed by atoms with van der Waals surface area (Å²) in [5.74, 6) is 0.906. The van der Waals surface area contributed by atoms with Gasteiger partial charge < -0.3 is 18.9 Å². The maximum atomic E-state index is 12.3. The van der Waals surface area contributed by atoms with E-state index in [4.69, 9.17) is 18.9 Å². The summed E-state index contributed by atoms with van der Waals surface area (Å²) in [6, 6.07) is 11.1. The normalized spacial score (nSPS) is 10.4. The zero-order valence-electron chi connectivity index (χ0n) is 18.2. The smallest absolute Gasteiger partial charge is 0.306 e. The summed E-state index contributed by atoms with van der Waals surface area (Å²) in [4.78, 5) is 24.4. The van der Waals surface area contributed by atoms with Gasteiger partial charge in [0, 0.05) is 12.0 Å². The molecule has 2 aromatic rings. The van der Waals surface area contributed by atoms with Crippen molar-refractivity contribution >= 4 is 11.8 Å². The first kappa shape index (κ1) is 23.3. The quantitative estimate of drug-likeness (QED) is 0.378. The van der Waals surface area contributed by atoms with Gasteiger partial charge in [-0.05, 0) is 42.5 Å². The van der Waals surface area contributed by atoms with Gasteiger partial charge in [-0.25, -0.2) is 0 Å². The fraction of sp³-hybridized carbons (Fsp3) is 0.417. The van der Waals surface area contributed by atoms with Crippen LogP contribution in [-0.4, -0.2) is 39.7 Å². The number of rotatable bonds is 12. The third-order valence-electron chi connectivity index (χ3n) is 4.80. The minimum absolute atomic E-state index is 0.141. The van der Waals surface area contributed by atoms with Crippen LogP contribution in [0.1, 0.15) is 47.7 Å². The number of ketones is 1. The van der Waals surface area contributed by atoms with Gasteiger partial charge >= 0.3 is 5.97 Å². The van der Waals surface area contributed by atoms with Crippen LogP contribution in [0.5, 0.6) is 17.2 Å². The third kappa shape index (κ3) is 6.51. The molecule has 2 rings (SSSR count). The van der Waals surface area contributed by atoms with Crippen LogP contribution in [0.4, 0.5) is 0 Å². The first-order chi connectivity index (χ1) is 14.5. The van der Waals surface area contributed by atoms with E-state index in [9.17, 15) is 9.59 Å². The molecule has 2 aromatic carbocycles. The van der Waals surface area contributed by atoms with Gasteiger partial charge in [0.05, 0.1) is 21.3 Å². The Morgan fingerprint density at radius 3 is 2.00 bits per heavy atom. The zero-order chi connectivity index (χ0) is 21.9. The summed E-state index contributed by atoms with van der Waals surface area (Å²) >= 11 is 0. The van der Waals surface area contributed by atoms with E-state index in [-0.39, 0.29) is 18.8 Å². The Bertz CT molecular complexity index is 816. The molecule has 0 amide bonds. The molecule has 0 aromatic heterocycles. The Kier molecular flexibility index (Phi) is 9.19. The van der Waals surface area contributed by atoms with E-state index >= 15 is 0 Å². The standard InChI is InChI=1S/C24H30O6/c1-5-6-7-17-8-11-19(12-9-17)20(25)16-30-23(26)13-10-18-14-21(27-2)24(29-4)22(15-18)28-3/h8-9,11-12,14-15H,5-7,10,13,16H2,1-4H3. The molecule has 0 atom stereocenters. The highest BCUT2D eigenvalue weighted by Gasteiger charge is 2.15. The first-order valence-corrected chi connectivity index (χ1v) is 10.1. The van der Waals surface area contributed by atoms with Crippen LogP contribution in [0.15, 0.2) is 36.4 Å². The summed E-state index contributed by atoms with van der Waals surface area (Å²) in [6.07, 6.45) is 3.82. The highest BCUT2D eigenvalue weighted by atomic mass is 16.5. The van der Waals surface area contributed by atoms with Crippen LogP contribution < -0.4 is 14.2 Å². The predicted octanol–water partition coefficient (Wildman–Crippen LogP) is 4.41. The zero-order valence-corrected chi connectivity index (χ0v) is 18.2. The number of Topliss-reactive ketones (excluding diaryl/α,β-unsaturated/α-hetero) is 1. The Morgan fingerprint density at radius 2 is 1.47 bits per heavy atom. The topological polar surface area (TPSA) is 71.1 Å². The second-order valence-corrected chi connectivity index (χ2v) is 6.92. The average Bonchev–Trinajstić information content (AvgIpc) is 2.79. The van der Waals surface area contributed by atoms with Crippen molar-refractivity contribution in [2.45, 2.75) is 39.0 Å². The minimum Gasteiger partial charge on any atom is -0.493 e. The van der Waals surface area contributed by atoms with Crippen LogP contribution in [0.3, 0.4) is 0 Å². The van der Waals surface area contributed by atoms with Gasteiger partial charge in [0.15, 0.2) is 23.9 Å². The Hall–Kier alpha value is -3.02. The number of ether oxygens (including phenoxy) is 4. The molecule has 0 aliphatic heterocycles. The molecule has 0 heterocycles. The fourth-order valence-corrected chi connectivity index (χ4v) is 3.07. The summed E-state index contributed by atoms with van der Waals surface area (Å²) < 4.78 is 21.1. The van der Waals surface area contributed by atoms with Gasteiger partial charge in [-0.3, -0.25) is 9.59 Å². The lowest BCUT2D eigenvalue weighted by atomic mass is 10.0.